The van der Waals surface area contributed by atoms with Crippen LogP contribution in [0, 0.1) is 0 Å². The van der Waals surface area contributed by atoms with Gasteiger partial charge in [-0.1, -0.05) is 276 Å². The van der Waals surface area contributed by atoms with Crippen molar-refractivity contribution in [3.63, 3.8) is 0 Å². The van der Waals surface area contributed by atoms with E-state index in [4.69, 9.17) is 14.2 Å². The SMILES string of the molecule is CCCCCCC/C=C\C/C=C\C/C=C\CCCCCCCCCCCCCCCCCCC(=O)OCC(COC(=O)CCCCCCCCC)OC(=O)CCCCCCCCCCCCC. The molecule has 0 aliphatic heterocycles. The molecule has 0 N–H and O–H groups in total. The first-order valence-corrected chi connectivity index (χ1v) is 29.5. The fraction of sp³-hybridized carbons (Fsp3) is 0.852. The minimum Gasteiger partial charge on any atom is -0.462 e. The molecule has 1 unspecified atom stereocenters. The van der Waals surface area contributed by atoms with Gasteiger partial charge < -0.3 is 14.2 Å². The number of ether oxygens (including phenoxy) is 3. The third kappa shape index (κ3) is 54.4. The van der Waals surface area contributed by atoms with E-state index in [0.29, 0.717) is 19.3 Å². The Hall–Kier alpha value is -2.37. The summed E-state index contributed by atoms with van der Waals surface area (Å²) < 4.78 is 16.8. The zero-order valence-corrected chi connectivity index (χ0v) is 44.9. The molecule has 0 rings (SSSR count). The predicted molar refractivity (Wildman–Crippen MR) is 289 cm³/mol. The minimum atomic E-state index is -0.763. The van der Waals surface area contributed by atoms with E-state index in [9.17, 15) is 14.4 Å². The molecule has 0 saturated heterocycles. The third-order valence-corrected chi connectivity index (χ3v) is 13.1. The Bertz CT molecular complexity index is 1130. The maximum Gasteiger partial charge on any atom is 0.306 e. The highest BCUT2D eigenvalue weighted by atomic mass is 16.6. The average Bonchev–Trinajstić information content (AvgIpc) is 3.33. The Morgan fingerprint density at radius 3 is 0.836 bits per heavy atom. The van der Waals surface area contributed by atoms with E-state index in [1.54, 1.807) is 0 Å². The number of hydrogen-bond donors (Lipinski definition) is 0. The molecule has 0 amide bonds. The first kappa shape index (κ1) is 64.6. The van der Waals surface area contributed by atoms with Crippen LogP contribution >= 0.6 is 0 Å². The van der Waals surface area contributed by atoms with Gasteiger partial charge in [0.05, 0.1) is 0 Å². The van der Waals surface area contributed by atoms with Crippen LogP contribution in [0.3, 0.4) is 0 Å². The summed E-state index contributed by atoms with van der Waals surface area (Å²) in [7, 11) is 0. The molecule has 0 aromatic heterocycles. The molecule has 1 atom stereocenters. The van der Waals surface area contributed by atoms with Crippen LogP contribution < -0.4 is 0 Å². The Labute approximate surface area is 416 Å². The zero-order valence-electron chi connectivity index (χ0n) is 44.9. The number of carbonyl (C=O) groups excluding carboxylic acids is 3. The largest absolute Gasteiger partial charge is 0.462 e. The lowest BCUT2D eigenvalue weighted by Gasteiger charge is -2.18. The summed E-state index contributed by atoms with van der Waals surface area (Å²) in [4.78, 5) is 37.8. The van der Waals surface area contributed by atoms with Gasteiger partial charge in [0.1, 0.15) is 13.2 Å². The summed E-state index contributed by atoms with van der Waals surface area (Å²) in [6.07, 6.45) is 67.5. The van der Waals surface area contributed by atoms with Gasteiger partial charge in [-0.05, 0) is 57.8 Å². The molecule has 0 spiro atoms. The fourth-order valence-corrected chi connectivity index (χ4v) is 8.69. The van der Waals surface area contributed by atoms with E-state index in [-0.39, 0.29) is 31.1 Å². The van der Waals surface area contributed by atoms with Gasteiger partial charge in [0.2, 0.25) is 0 Å². The van der Waals surface area contributed by atoms with Crippen LogP contribution in [0.15, 0.2) is 36.5 Å². The topological polar surface area (TPSA) is 78.9 Å². The summed E-state index contributed by atoms with van der Waals surface area (Å²) >= 11 is 0. The first-order chi connectivity index (χ1) is 33.0. The number of allylic oxidation sites excluding steroid dienone is 6. The molecular formula is C61H112O6. The van der Waals surface area contributed by atoms with Gasteiger partial charge >= 0.3 is 17.9 Å². The second-order valence-corrected chi connectivity index (χ2v) is 19.9. The van der Waals surface area contributed by atoms with E-state index in [2.05, 4.69) is 57.2 Å². The van der Waals surface area contributed by atoms with Gasteiger partial charge in [0, 0.05) is 19.3 Å². The van der Waals surface area contributed by atoms with Gasteiger partial charge in [0.15, 0.2) is 6.10 Å². The summed E-state index contributed by atoms with van der Waals surface area (Å²) in [5.74, 6) is -0.860. The van der Waals surface area contributed by atoms with Crippen molar-refractivity contribution >= 4 is 17.9 Å². The van der Waals surface area contributed by atoms with Crippen LogP contribution in [-0.4, -0.2) is 37.2 Å². The van der Waals surface area contributed by atoms with E-state index in [0.717, 1.165) is 70.6 Å². The molecule has 0 radical (unpaired) electrons. The standard InChI is InChI=1S/C61H112O6/c1-4-7-10-13-16-18-20-21-22-23-24-25-26-27-28-29-30-31-32-33-34-35-36-37-38-39-41-42-45-48-51-54-60(63)66-57-58(56-65-59(62)53-50-47-44-15-12-9-6-3)67-61(64)55-52-49-46-43-40-19-17-14-11-8-5-2/h20-21,23-24,26-27,58H,4-19,22,25,28-57H2,1-3H3/b21-20-,24-23-,27-26-. The van der Waals surface area contributed by atoms with Crippen LogP contribution in [0.1, 0.15) is 316 Å². The molecule has 392 valence electrons. The lowest BCUT2D eigenvalue weighted by Crippen LogP contribution is -2.30. The molecule has 0 saturated carbocycles. The molecule has 0 aliphatic carbocycles. The number of hydrogen-bond acceptors (Lipinski definition) is 6. The minimum absolute atomic E-state index is 0.0671. The van der Waals surface area contributed by atoms with Gasteiger partial charge in [-0.15, -0.1) is 0 Å². The van der Waals surface area contributed by atoms with Gasteiger partial charge in [-0.3, -0.25) is 14.4 Å². The van der Waals surface area contributed by atoms with Crippen LogP contribution in [0.25, 0.3) is 0 Å². The number of carbonyl (C=O) groups is 3. The van der Waals surface area contributed by atoms with E-state index in [1.165, 1.54) is 205 Å². The van der Waals surface area contributed by atoms with E-state index >= 15 is 0 Å². The average molecular weight is 942 g/mol. The van der Waals surface area contributed by atoms with Crippen molar-refractivity contribution in [2.45, 2.75) is 322 Å². The van der Waals surface area contributed by atoms with Crippen molar-refractivity contribution in [1.29, 1.82) is 0 Å². The summed E-state index contributed by atoms with van der Waals surface area (Å²) in [6.45, 7) is 6.61. The monoisotopic (exact) mass is 941 g/mol. The van der Waals surface area contributed by atoms with Crippen molar-refractivity contribution in [1.82, 2.24) is 0 Å². The van der Waals surface area contributed by atoms with Crippen molar-refractivity contribution < 1.29 is 28.6 Å². The normalized spacial score (nSPS) is 12.2. The predicted octanol–water partition coefficient (Wildman–Crippen LogP) is 19.7. The highest BCUT2D eigenvalue weighted by Gasteiger charge is 2.19. The Morgan fingerprint density at radius 2 is 0.537 bits per heavy atom. The first-order valence-electron chi connectivity index (χ1n) is 29.5. The maximum atomic E-state index is 12.7. The Balaban J connectivity index is 3.96. The molecule has 0 fully saturated rings. The van der Waals surface area contributed by atoms with Crippen LogP contribution in [0.5, 0.6) is 0 Å². The second kappa shape index (κ2) is 56.2. The van der Waals surface area contributed by atoms with Crippen LogP contribution in [0.4, 0.5) is 0 Å². The molecular weight excluding hydrogens is 829 g/mol. The van der Waals surface area contributed by atoms with E-state index in [1.807, 2.05) is 0 Å². The third-order valence-electron chi connectivity index (χ3n) is 13.1. The zero-order chi connectivity index (χ0) is 48.6. The summed E-state index contributed by atoms with van der Waals surface area (Å²) in [6, 6.07) is 0. The number of unbranched alkanes of at least 4 members (excludes halogenated alkanes) is 37. The van der Waals surface area contributed by atoms with Crippen molar-refractivity contribution in [3.8, 4) is 0 Å². The van der Waals surface area contributed by atoms with Crippen LogP contribution in [0.2, 0.25) is 0 Å². The molecule has 0 bridgehead atoms. The van der Waals surface area contributed by atoms with Gasteiger partial charge in [-0.25, -0.2) is 0 Å². The molecule has 0 heterocycles. The highest BCUT2D eigenvalue weighted by molar-refractivity contribution is 5.71. The lowest BCUT2D eigenvalue weighted by molar-refractivity contribution is -0.167. The highest BCUT2D eigenvalue weighted by Crippen LogP contribution is 2.17. The fourth-order valence-electron chi connectivity index (χ4n) is 8.69. The number of esters is 3. The van der Waals surface area contributed by atoms with Crippen LogP contribution in [-0.2, 0) is 28.6 Å². The quantitative estimate of drug-likeness (QED) is 0.0262. The smallest absolute Gasteiger partial charge is 0.306 e. The maximum absolute atomic E-state index is 12.7. The summed E-state index contributed by atoms with van der Waals surface area (Å²) in [5, 5.41) is 0. The number of rotatable bonds is 54. The van der Waals surface area contributed by atoms with Gasteiger partial charge in [-0.2, -0.15) is 0 Å². The van der Waals surface area contributed by atoms with Crippen molar-refractivity contribution in [2.75, 3.05) is 13.2 Å². The van der Waals surface area contributed by atoms with E-state index < -0.39 is 6.10 Å². The molecule has 0 aromatic rings. The molecule has 0 aromatic carbocycles. The van der Waals surface area contributed by atoms with Gasteiger partial charge in [0.25, 0.3) is 0 Å². The molecule has 6 nitrogen and oxygen atoms in total. The Morgan fingerprint density at radius 1 is 0.299 bits per heavy atom. The summed E-state index contributed by atoms with van der Waals surface area (Å²) in [5.41, 5.74) is 0. The Kier molecular flexibility index (Phi) is 54.2. The molecule has 6 heteroatoms. The molecule has 67 heavy (non-hydrogen) atoms. The van der Waals surface area contributed by atoms with Crippen molar-refractivity contribution in [2.24, 2.45) is 0 Å². The lowest BCUT2D eigenvalue weighted by atomic mass is 10.0. The molecule has 0 aliphatic rings. The van der Waals surface area contributed by atoms with Crippen molar-refractivity contribution in [3.05, 3.63) is 36.5 Å². The second-order valence-electron chi connectivity index (χ2n) is 19.9.